The van der Waals surface area contributed by atoms with Gasteiger partial charge in [0, 0.05) is 89.3 Å². The lowest BCUT2D eigenvalue weighted by molar-refractivity contribution is 0.537. The monoisotopic (exact) mass is 1350 g/mol. The van der Waals surface area contributed by atoms with Gasteiger partial charge in [-0.1, -0.05) is 274 Å². The standard InChI is InChI=1S/2C21H20N2.C17H18N2.C17H20N2.C17H18N2/c1-13-22-19-17-12-8-6-10-15(17)14-9-5-7-11-16(14)18(19)20(23-13)21(2,3)4;1-13-18-16-11-7-5-9-14(16)15-10-6-8-12-17(15)19(18)23-20(22-13)21(2,3)4;1-11-18-15-10-13-8-6-5-7-12(13)9-14(15)16(19-11)17(2,3)4;2*1-11-14-9-12-7-5-6-8-13(12)10-15(14)19-16(18-11)17(2,3)4/h2*5-12H,1-4H3;5-10H,1-4H3;5-8H,9-10H2,1-4H3;5-10H,1-4H3. The van der Waals surface area contributed by atoms with Crippen molar-refractivity contribution < 1.29 is 0 Å². The molecule has 0 bridgehead atoms. The molecular weight excluding hydrogens is 1260 g/mol. The van der Waals surface area contributed by atoms with Gasteiger partial charge in [-0.25, -0.2) is 49.8 Å². The van der Waals surface area contributed by atoms with Crippen LogP contribution in [-0.2, 0) is 39.9 Å². The maximum atomic E-state index is 4.97. The Labute approximate surface area is 607 Å². The Bertz CT molecular complexity index is 5920. The van der Waals surface area contributed by atoms with Gasteiger partial charge in [0.15, 0.2) is 0 Å². The summed E-state index contributed by atoms with van der Waals surface area (Å²) in [6.07, 6.45) is 1.92. The number of hydrogen-bond donors (Lipinski definition) is 0. The zero-order valence-electron chi connectivity index (χ0n) is 63.9. The molecule has 518 valence electrons. The average molecular weight is 1350 g/mol. The molecule has 0 saturated carbocycles. The van der Waals surface area contributed by atoms with Crippen molar-refractivity contribution in [2.24, 2.45) is 0 Å². The van der Waals surface area contributed by atoms with E-state index in [1.165, 1.54) is 97.8 Å². The third-order valence-electron chi connectivity index (χ3n) is 19.5. The molecule has 1 aliphatic carbocycles. The summed E-state index contributed by atoms with van der Waals surface area (Å²) < 4.78 is 0. The van der Waals surface area contributed by atoms with E-state index in [1.54, 1.807) is 0 Å². The molecule has 0 atom stereocenters. The Morgan fingerprint density at radius 1 is 0.252 bits per heavy atom. The molecule has 16 aromatic rings. The summed E-state index contributed by atoms with van der Waals surface area (Å²) in [6.45, 7) is 42.9. The van der Waals surface area contributed by atoms with Crippen molar-refractivity contribution in [3.63, 3.8) is 0 Å². The second-order valence-corrected chi connectivity index (χ2v) is 33.0. The molecule has 0 spiro atoms. The minimum atomic E-state index is -0.0638. The van der Waals surface area contributed by atoms with Gasteiger partial charge in [-0.15, -0.1) is 0 Å². The van der Waals surface area contributed by atoms with Crippen LogP contribution in [0.15, 0.2) is 194 Å². The molecule has 103 heavy (non-hydrogen) atoms. The first kappa shape index (κ1) is 70.8. The van der Waals surface area contributed by atoms with Crippen LogP contribution in [-0.4, -0.2) is 49.8 Å². The van der Waals surface area contributed by atoms with Gasteiger partial charge in [-0.2, -0.15) is 0 Å². The molecule has 11 aromatic carbocycles. The van der Waals surface area contributed by atoms with E-state index in [2.05, 4.69) is 334 Å². The molecule has 0 saturated heterocycles. The number of hydrogen-bond acceptors (Lipinski definition) is 10. The first-order chi connectivity index (χ1) is 48.8. The van der Waals surface area contributed by atoms with E-state index >= 15 is 0 Å². The van der Waals surface area contributed by atoms with Crippen LogP contribution >= 0.6 is 0 Å². The number of aromatic nitrogens is 10. The van der Waals surface area contributed by atoms with Crippen LogP contribution in [0, 0.1) is 34.6 Å². The molecule has 0 amide bonds. The Hall–Kier alpha value is -10.6. The molecule has 10 nitrogen and oxygen atoms in total. The van der Waals surface area contributed by atoms with E-state index in [1.807, 2.05) is 13.8 Å². The van der Waals surface area contributed by atoms with Gasteiger partial charge in [0.05, 0.1) is 39.1 Å². The molecule has 5 aromatic heterocycles. The fourth-order valence-electron chi connectivity index (χ4n) is 14.2. The predicted molar refractivity (Wildman–Crippen MR) is 434 cm³/mol. The highest BCUT2D eigenvalue weighted by molar-refractivity contribution is 6.26. The van der Waals surface area contributed by atoms with Crippen LogP contribution in [0.4, 0.5) is 0 Å². The van der Waals surface area contributed by atoms with Crippen LogP contribution in [0.1, 0.15) is 184 Å². The lowest BCUT2D eigenvalue weighted by Crippen LogP contribution is -2.21. The van der Waals surface area contributed by atoms with E-state index < -0.39 is 0 Å². The van der Waals surface area contributed by atoms with Gasteiger partial charge in [-0.05, 0) is 129 Å². The zero-order valence-corrected chi connectivity index (χ0v) is 63.9. The van der Waals surface area contributed by atoms with Crippen molar-refractivity contribution in [1.29, 1.82) is 0 Å². The molecule has 0 unspecified atom stereocenters. The molecule has 0 radical (unpaired) electrons. The molecule has 5 heterocycles. The largest absolute Gasteiger partial charge is 0.237 e. The van der Waals surface area contributed by atoms with Crippen molar-refractivity contribution in [3.8, 4) is 0 Å². The Morgan fingerprint density at radius 2 is 0.612 bits per heavy atom. The molecule has 0 fully saturated rings. The molecule has 0 aliphatic heterocycles. The van der Waals surface area contributed by atoms with Crippen molar-refractivity contribution >= 4 is 108 Å². The number of fused-ring (bicyclic) bond motifs is 18. The van der Waals surface area contributed by atoms with Gasteiger partial charge in [0.25, 0.3) is 0 Å². The van der Waals surface area contributed by atoms with Crippen LogP contribution in [0.5, 0.6) is 0 Å². The van der Waals surface area contributed by atoms with Crippen molar-refractivity contribution in [2.45, 2.75) is 178 Å². The summed E-state index contributed by atoms with van der Waals surface area (Å²) in [6, 6.07) is 68.4. The van der Waals surface area contributed by atoms with E-state index in [9.17, 15) is 0 Å². The minimum Gasteiger partial charge on any atom is -0.237 e. The highest BCUT2D eigenvalue weighted by atomic mass is 14.9. The highest BCUT2D eigenvalue weighted by Crippen LogP contribution is 2.41. The summed E-state index contributed by atoms with van der Waals surface area (Å²) in [5, 5.41) is 19.6. The van der Waals surface area contributed by atoms with Gasteiger partial charge in [-0.3, -0.25) is 0 Å². The van der Waals surface area contributed by atoms with Crippen LogP contribution in [0.25, 0.3) is 108 Å². The van der Waals surface area contributed by atoms with Crippen molar-refractivity contribution in [3.05, 3.63) is 274 Å². The summed E-state index contributed by atoms with van der Waals surface area (Å²) in [7, 11) is 0. The Kier molecular flexibility index (Phi) is 18.8. The normalized spacial score (nSPS) is 12.6. The summed E-state index contributed by atoms with van der Waals surface area (Å²) >= 11 is 0. The predicted octanol–water partition coefficient (Wildman–Crippen LogP) is 23.4. The third kappa shape index (κ3) is 14.5. The van der Waals surface area contributed by atoms with Crippen LogP contribution in [0.3, 0.4) is 0 Å². The molecule has 0 N–H and O–H groups in total. The summed E-state index contributed by atoms with van der Waals surface area (Å²) in [4.78, 5) is 47.7. The molecule has 1 aliphatic rings. The van der Waals surface area contributed by atoms with Crippen LogP contribution in [0.2, 0.25) is 0 Å². The lowest BCUT2D eigenvalue weighted by Gasteiger charge is -2.24. The Morgan fingerprint density at radius 3 is 1.12 bits per heavy atom. The van der Waals surface area contributed by atoms with E-state index in [0.29, 0.717) is 0 Å². The Balaban J connectivity index is 0.000000115. The first-order valence-corrected chi connectivity index (χ1v) is 36.2. The van der Waals surface area contributed by atoms with E-state index in [-0.39, 0.29) is 27.1 Å². The molecule has 17 rings (SSSR count). The fraction of sp³-hybridized carbons (Fsp3) is 0.290. The second-order valence-electron chi connectivity index (χ2n) is 33.0. The van der Waals surface area contributed by atoms with Crippen molar-refractivity contribution in [2.75, 3.05) is 0 Å². The average Bonchev–Trinajstić information content (AvgIpc) is 0.740. The zero-order chi connectivity index (χ0) is 73.2. The minimum absolute atomic E-state index is 0.0107. The summed E-state index contributed by atoms with van der Waals surface area (Å²) in [5.74, 6) is 4.45. The van der Waals surface area contributed by atoms with Crippen LogP contribution < -0.4 is 0 Å². The van der Waals surface area contributed by atoms with E-state index in [4.69, 9.17) is 34.9 Å². The molecular formula is C93H96N10. The van der Waals surface area contributed by atoms with Gasteiger partial charge < -0.3 is 0 Å². The molecule has 10 heteroatoms. The number of rotatable bonds is 0. The van der Waals surface area contributed by atoms with Crippen molar-refractivity contribution in [1.82, 2.24) is 49.8 Å². The maximum Gasteiger partial charge on any atom is 0.134 e. The SMILES string of the molecule is Cc1nc(C(C)(C)C)c2c3ccccc3c3ccccc3c2n1.Cc1nc(C(C)(C)C)c2cc3ccccc3cc2n1.Cc1nc(C(C)(C)C)nc2c1Cc1ccccc1C2.Cc1nc(C(C)(C)C)nc2c3ccccc3c3ccccc3c12.Cc1nc(C(C)(C)C)nc2cc3ccccc3cc12. The third-order valence-corrected chi connectivity index (χ3v) is 19.5. The van der Waals surface area contributed by atoms with E-state index in [0.717, 1.165) is 103 Å². The quantitative estimate of drug-likeness (QED) is 0.107. The number of benzene rings is 11. The summed E-state index contributed by atoms with van der Waals surface area (Å²) in [5.41, 5.74) is 15.0. The lowest BCUT2D eigenvalue weighted by atomic mass is 9.86. The van der Waals surface area contributed by atoms with Gasteiger partial charge in [0.2, 0.25) is 0 Å². The van der Waals surface area contributed by atoms with Gasteiger partial charge >= 0.3 is 0 Å². The smallest absolute Gasteiger partial charge is 0.134 e. The maximum absolute atomic E-state index is 4.97. The topological polar surface area (TPSA) is 129 Å². The first-order valence-electron chi connectivity index (χ1n) is 36.2. The number of aryl methyl sites for hydroxylation is 5. The highest BCUT2D eigenvalue weighted by Gasteiger charge is 2.28. The second kappa shape index (κ2) is 27.3. The van der Waals surface area contributed by atoms with Gasteiger partial charge in [0.1, 0.15) is 29.1 Å². The number of nitrogens with zero attached hydrogens (tertiary/aromatic N) is 10. The fourth-order valence-corrected chi connectivity index (χ4v) is 14.2.